The summed E-state index contributed by atoms with van der Waals surface area (Å²) in [5.74, 6) is 1.45. The van der Waals surface area contributed by atoms with Gasteiger partial charge in [-0.3, -0.25) is 9.59 Å². The van der Waals surface area contributed by atoms with Crippen LogP contribution in [0.4, 0.5) is 0 Å². The minimum Gasteiger partial charge on any atom is -0.497 e. The number of nitrogens with zero attached hydrogens (tertiary/aromatic N) is 2. The lowest BCUT2D eigenvalue weighted by Gasteiger charge is -2.35. The Morgan fingerprint density at radius 1 is 0.724 bits per heavy atom. The van der Waals surface area contributed by atoms with Gasteiger partial charge < -0.3 is 24.0 Å². The molecular formula is C22H26N2O5. The molecule has 0 bridgehead atoms. The number of hydrogen-bond donors (Lipinski definition) is 0. The summed E-state index contributed by atoms with van der Waals surface area (Å²) in [6, 6.07) is 10.7. The van der Waals surface area contributed by atoms with Gasteiger partial charge >= 0.3 is 0 Å². The molecule has 154 valence electrons. The fourth-order valence-electron chi connectivity index (χ4n) is 3.42. The maximum atomic E-state index is 13.0. The van der Waals surface area contributed by atoms with E-state index in [0.29, 0.717) is 54.6 Å². The van der Waals surface area contributed by atoms with Crippen LogP contribution in [0.2, 0.25) is 0 Å². The molecule has 1 saturated heterocycles. The predicted octanol–water partition coefficient (Wildman–Crippen LogP) is 2.62. The van der Waals surface area contributed by atoms with Gasteiger partial charge in [0.2, 0.25) is 0 Å². The number of ether oxygens (including phenoxy) is 3. The third-order valence-corrected chi connectivity index (χ3v) is 5.08. The van der Waals surface area contributed by atoms with Crippen LogP contribution in [0.3, 0.4) is 0 Å². The summed E-state index contributed by atoms with van der Waals surface area (Å²) in [5.41, 5.74) is 2.02. The molecule has 29 heavy (non-hydrogen) atoms. The van der Waals surface area contributed by atoms with E-state index in [1.807, 2.05) is 19.1 Å². The van der Waals surface area contributed by atoms with Gasteiger partial charge in [-0.15, -0.1) is 0 Å². The maximum absolute atomic E-state index is 13.0. The highest BCUT2D eigenvalue weighted by atomic mass is 16.5. The SMILES string of the molecule is COc1ccc(C(=O)N2CCN(C(=O)c3cc(C)ccc3OC)CC2)c(OC)c1. The normalized spacial score (nSPS) is 13.8. The molecule has 2 amide bonds. The summed E-state index contributed by atoms with van der Waals surface area (Å²) in [6.45, 7) is 3.76. The van der Waals surface area contributed by atoms with Gasteiger partial charge in [0.25, 0.3) is 11.8 Å². The molecule has 0 radical (unpaired) electrons. The van der Waals surface area contributed by atoms with E-state index in [1.165, 1.54) is 7.11 Å². The molecule has 2 aromatic carbocycles. The lowest BCUT2D eigenvalue weighted by Crippen LogP contribution is -2.50. The van der Waals surface area contributed by atoms with E-state index in [1.54, 1.807) is 48.3 Å². The highest BCUT2D eigenvalue weighted by molar-refractivity contribution is 5.99. The van der Waals surface area contributed by atoms with Crippen molar-refractivity contribution in [2.45, 2.75) is 6.92 Å². The van der Waals surface area contributed by atoms with Crippen molar-refractivity contribution in [3.8, 4) is 17.2 Å². The van der Waals surface area contributed by atoms with Crippen molar-refractivity contribution < 1.29 is 23.8 Å². The highest BCUT2D eigenvalue weighted by Crippen LogP contribution is 2.27. The molecule has 0 atom stereocenters. The van der Waals surface area contributed by atoms with Crippen LogP contribution in [-0.2, 0) is 0 Å². The summed E-state index contributed by atoms with van der Waals surface area (Å²) in [5, 5.41) is 0. The fourth-order valence-corrected chi connectivity index (χ4v) is 3.42. The molecule has 7 heteroatoms. The molecule has 0 saturated carbocycles. The smallest absolute Gasteiger partial charge is 0.257 e. The van der Waals surface area contributed by atoms with E-state index in [-0.39, 0.29) is 11.8 Å². The van der Waals surface area contributed by atoms with Gasteiger partial charge in [0.05, 0.1) is 32.5 Å². The molecule has 0 N–H and O–H groups in total. The van der Waals surface area contributed by atoms with E-state index in [2.05, 4.69) is 0 Å². The first-order chi connectivity index (χ1) is 14.0. The zero-order chi connectivity index (χ0) is 21.0. The van der Waals surface area contributed by atoms with Gasteiger partial charge in [0, 0.05) is 32.2 Å². The number of amides is 2. The Morgan fingerprint density at radius 3 is 1.86 bits per heavy atom. The molecule has 1 heterocycles. The van der Waals surface area contributed by atoms with Crippen LogP contribution in [-0.4, -0.2) is 69.1 Å². The van der Waals surface area contributed by atoms with Crippen molar-refractivity contribution in [3.63, 3.8) is 0 Å². The van der Waals surface area contributed by atoms with Crippen molar-refractivity contribution in [1.82, 2.24) is 9.80 Å². The molecule has 0 aliphatic carbocycles. The summed E-state index contributed by atoms with van der Waals surface area (Å²) < 4.78 is 15.9. The molecule has 1 fully saturated rings. The first kappa shape index (κ1) is 20.5. The van der Waals surface area contributed by atoms with Crippen LogP contribution >= 0.6 is 0 Å². The molecule has 1 aliphatic heterocycles. The molecule has 0 aromatic heterocycles. The van der Waals surface area contributed by atoms with Crippen LogP contribution in [0.25, 0.3) is 0 Å². The lowest BCUT2D eigenvalue weighted by atomic mass is 10.1. The predicted molar refractivity (Wildman–Crippen MR) is 109 cm³/mol. The van der Waals surface area contributed by atoms with E-state index in [0.717, 1.165) is 5.56 Å². The van der Waals surface area contributed by atoms with Crippen molar-refractivity contribution in [2.75, 3.05) is 47.5 Å². The second kappa shape index (κ2) is 8.86. The third-order valence-electron chi connectivity index (χ3n) is 5.08. The average Bonchev–Trinajstić information content (AvgIpc) is 2.77. The molecular weight excluding hydrogens is 372 g/mol. The van der Waals surface area contributed by atoms with E-state index < -0.39 is 0 Å². The standard InChI is InChI=1S/C22H26N2O5/c1-15-5-8-19(28-3)18(13-15)22(26)24-11-9-23(10-12-24)21(25)17-7-6-16(27-2)14-20(17)29-4/h5-8,13-14H,9-12H2,1-4H3. The number of hydrogen-bond acceptors (Lipinski definition) is 5. The Balaban J connectivity index is 1.70. The Morgan fingerprint density at radius 2 is 1.31 bits per heavy atom. The zero-order valence-corrected chi connectivity index (χ0v) is 17.2. The van der Waals surface area contributed by atoms with E-state index in [9.17, 15) is 9.59 Å². The topological polar surface area (TPSA) is 68.3 Å². The Hall–Kier alpha value is -3.22. The van der Waals surface area contributed by atoms with Crippen LogP contribution in [0.1, 0.15) is 26.3 Å². The van der Waals surface area contributed by atoms with Crippen molar-refractivity contribution in [1.29, 1.82) is 0 Å². The molecule has 2 aromatic rings. The molecule has 7 nitrogen and oxygen atoms in total. The number of carbonyl (C=O) groups is 2. The number of methoxy groups -OCH3 is 3. The zero-order valence-electron chi connectivity index (χ0n) is 17.2. The van der Waals surface area contributed by atoms with Gasteiger partial charge in [-0.2, -0.15) is 0 Å². The van der Waals surface area contributed by atoms with Crippen molar-refractivity contribution in [2.24, 2.45) is 0 Å². The number of carbonyl (C=O) groups excluding carboxylic acids is 2. The van der Waals surface area contributed by atoms with Crippen LogP contribution in [0.15, 0.2) is 36.4 Å². The van der Waals surface area contributed by atoms with Crippen LogP contribution < -0.4 is 14.2 Å². The fraction of sp³-hybridized carbons (Fsp3) is 0.364. The van der Waals surface area contributed by atoms with Gasteiger partial charge in [-0.1, -0.05) is 11.6 Å². The van der Waals surface area contributed by atoms with Crippen LogP contribution in [0, 0.1) is 6.92 Å². The third kappa shape index (κ3) is 4.29. The second-order valence-electron chi connectivity index (χ2n) is 6.85. The summed E-state index contributed by atoms with van der Waals surface area (Å²) in [6.07, 6.45) is 0. The van der Waals surface area contributed by atoms with E-state index in [4.69, 9.17) is 14.2 Å². The first-order valence-corrected chi connectivity index (χ1v) is 9.43. The minimum absolute atomic E-state index is 0.0836. The van der Waals surface area contributed by atoms with Gasteiger partial charge in [-0.05, 0) is 31.2 Å². The number of rotatable bonds is 5. The Bertz CT molecular complexity index is 904. The van der Waals surface area contributed by atoms with Gasteiger partial charge in [0.1, 0.15) is 17.2 Å². The number of piperazine rings is 1. The molecule has 0 spiro atoms. The largest absolute Gasteiger partial charge is 0.497 e. The highest BCUT2D eigenvalue weighted by Gasteiger charge is 2.28. The molecule has 3 rings (SSSR count). The summed E-state index contributed by atoms with van der Waals surface area (Å²) in [7, 11) is 4.65. The molecule has 0 unspecified atom stereocenters. The average molecular weight is 398 g/mol. The van der Waals surface area contributed by atoms with Crippen molar-refractivity contribution in [3.05, 3.63) is 53.1 Å². The van der Waals surface area contributed by atoms with E-state index >= 15 is 0 Å². The minimum atomic E-state index is -0.121. The van der Waals surface area contributed by atoms with Crippen molar-refractivity contribution >= 4 is 11.8 Å². The first-order valence-electron chi connectivity index (χ1n) is 9.43. The maximum Gasteiger partial charge on any atom is 0.257 e. The Labute approximate surface area is 170 Å². The second-order valence-corrected chi connectivity index (χ2v) is 6.85. The number of benzene rings is 2. The lowest BCUT2D eigenvalue weighted by molar-refractivity contribution is 0.0531. The number of aryl methyl sites for hydroxylation is 1. The summed E-state index contributed by atoms with van der Waals surface area (Å²) >= 11 is 0. The van der Waals surface area contributed by atoms with Gasteiger partial charge in [0.15, 0.2) is 0 Å². The molecule has 1 aliphatic rings. The monoisotopic (exact) mass is 398 g/mol. The summed E-state index contributed by atoms with van der Waals surface area (Å²) in [4.78, 5) is 29.4. The van der Waals surface area contributed by atoms with Crippen LogP contribution in [0.5, 0.6) is 17.2 Å². The van der Waals surface area contributed by atoms with Gasteiger partial charge in [-0.25, -0.2) is 0 Å². The Kier molecular flexibility index (Phi) is 6.26. The quantitative estimate of drug-likeness (QED) is 0.775.